The molecule has 2 bridgehead atoms. The third kappa shape index (κ3) is 8.01. The number of carbonyl (C=O) groups is 3. The summed E-state index contributed by atoms with van der Waals surface area (Å²) >= 11 is 0. The molecule has 6 aliphatic rings. The fraction of sp³-hybridized carbons (Fsp3) is 0.605. The number of nitrogens with one attached hydrogen (secondary N) is 1. The molecule has 0 aromatic heterocycles. The van der Waals surface area contributed by atoms with Crippen molar-refractivity contribution in [2.24, 2.45) is 5.41 Å². The Morgan fingerprint density at radius 1 is 0.983 bits per heavy atom. The van der Waals surface area contributed by atoms with Crippen LogP contribution in [0, 0.1) is 5.41 Å². The molecular weight excluding hydrogens is 784 g/mol. The zero-order valence-corrected chi connectivity index (χ0v) is 33.8. The Hall–Kier alpha value is -3.85. The van der Waals surface area contributed by atoms with E-state index in [2.05, 4.69) is 5.32 Å². The normalized spacial score (nSPS) is 34.6. The SMILES string of the molecule is CC(C)(C)OC(=O)CC[C@@H](CO)NC(=O)[C@@]12C[C@H]3OC(=O)[C@@H]1N(Cc1ccccc1C=CCO[C@H]1O[C@H](CO)[C@H](O)[C@H](O)[C@H]1O)O[C@@H]2[C@H]1OC2(Cc4ccccc4C2)O[C@H]13. The molecule has 2 aromatic carbocycles. The molecule has 326 valence electrons. The van der Waals surface area contributed by atoms with E-state index in [1.807, 2.05) is 48.5 Å². The summed E-state index contributed by atoms with van der Waals surface area (Å²) in [7, 11) is 0. The van der Waals surface area contributed by atoms with Gasteiger partial charge in [-0.25, -0.2) is 0 Å². The van der Waals surface area contributed by atoms with Crippen LogP contribution in [0.25, 0.3) is 6.08 Å². The van der Waals surface area contributed by atoms with E-state index in [4.69, 9.17) is 33.3 Å². The van der Waals surface area contributed by atoms with Crippen molar-refractivity contribution in [1.82, 2.24) is 10.4 Å². The van der Waals surface area contributed by atoms with Gasteiger partial charge in [0.1, 0.15) is 59.8 Å². The van der Waals surface area contributed by atoms with Crippen molar-refractivity contribution in [2.75, 3.05) is 19.8 Å². The Bertz CT molecular complexity index is 1930. The molecule has 1 saturated carbocycles. The molecule has 17 nitrogen and oxygen atoms in total. The van der Waals surface area contributed by atoms with Gasteiger partial charge in [-0.3, -0.25) is 19.2 Å². The summed E-state index contributed by atoms with van der Waals surface area (Å²) in [5.41, 5.74) is 1.33. The molecule has 4 saturated heterocycles. The van der Waals surface area contributed by atoms with Crippen LogP contribution in [0.2, 0.25) is 0 Å². The first kappa shape index (κ1) is 42.8. The fourth-order valence-corrected chi connectivity index (χ4v) is 9.51. The highest BCUT2D eigenvalue weighted by atomic mass is 16.8. The monoisotopic (exact) mass is 838 g/mol. The van der Waals surface area contributed by atoms with Gasteiger partial charge >= 0.3 is 11.9 Å². The number of amides is 1. The van der Waals surface area contributed by atoms with E-state index in [0.717, 1.165) is 11.1 Å². The Morgan fingerprint density at radius 2 is 1.68 bits per heavy atom. The second-order valence-corrected chi connectivity index (χ2v) is 17.5. The summed E-state index contributed by atoms with van der Waals surface area (Å²) in [6, 6.07) is 13.2. The standard InChI is InChI=1S/C43H54N2O15/c1-41(2,3)57-30(48)15-14-27(21-46)44-40(53)43-19-28-34-35(59-42(58-34)17-24-10-5-6-11-25(24)18-42)37(43)60-45(36(43)38(52)55-28)20-26-12-7-4-9-23(26)13-8-16-54-39-33(51)32(50)31(49)29(22-47)56-39/h4-13,27-29,31-37,39,46-47,49-51H,14-22H2,1-3H3,(H,44,53)/t27-,28+,29+,31-,32-,33+,34-,35-,36-,37+,39-,43-/m0/s1. The molecule has 1 amide bonds. The van der Waals surface area contributed by atoms with Crippen LogP contribution in [-0.4, -0.2) is 147 Å². The summed E-state index contributed by atoms with van der Waals surface area (Å²) in [6.07, 6.45) is -6.01. The number of esters is 2. The predicted molar refractivity (Wildman–Crippen MR) is 207 cm³/mol. The van der Waals surface area contributed by atoms with Crippen LogP contribution in [0.15, 0.2) is 54.6 Å². The van der Waals surface area contributed by atoms with E-state index in [9.17, 15) is 39.9 Å². The van der Waals surface area contributed by atoms with Gasteiger partial charge in [-0.15, -0.1) is 0 Å². The zero-order valence-electron chi connectivity index (χ0n) is 33.8. The average Bonchev–Trinajstić information content (AvgIpc) is 3.89. The number of hydrogen-bond acceptors (Lipinski definition) is 16. The number of rotatable bonds is 13. The van der Waals surface area contributed by atoms with Crippen LogP contribution >= 0.6 is 0 Å². The lowest BCUT2D eigenvalue weighted by Crippen LogP contribution is -2.70. The predicted octanol–water partition coefficient (Wildman–Crippen LogP) is 0.194. The molecule has 2 aromatic rings. The summed E-state index contributed by atoms with van der Waals surface area (Å²) in [5, 5.41) is 54.9. The van der Waals surface area contributed by atoms with Crippen LogP contribution in [0.1, 0.15) is 62.3 Å². The van der Waals surface area contributed by atoms with E-state index in [1.54, 1.807) is 32.9 Å². The molecule has 5 fully saturated rings. The lowest BCUT2D eigenvalue weighted by Gasteiger charge is -2.49. The number of aliphatic hydroxyl groups excluding tert-OH is 5. The molecule has 4 heterocycles. The number of nitrogens with zero attached hydrogens (tertiary/aromatic N) is 1. The van der Waals surface area contributed by atoms with Gasteiger partial charge in [-0.1, -0.05) is 60.7 Å². The first-order valence-corrected chi connectivity index (χ1v) is 20.5. The molecule has 8 rings (SSSR count). The van der Waals surface area contributed by atoms with E-state index in [-0.39, 0.29) is 32.4 Å². The highest BCUT2D eigenvalue weighted by molar-refractivity contribution is 5.94. The smallest absolute Gasteiger partial charge is 0.327 e. The Morgan fingerprint density at radius 3 is 2.38 bits per heavy atom. The zero-order chi connectivity index (χ0) is 42.6. The van der Waals surface area contributed by atoms with E-state index in [0.29, 0.717) is 24.0 Å². The Labute approximate surface area is 347 Å². The molecular formula is C43H54N2O15. The quantitative estimate of drug-likeness (QED) is 0.148. The molecule has 0 radical (unpaired) electrons. The first-order chi connectivity index (χ1) is 28.6. The molecule has 4 aliphatic heterocycles. The third-order valence-corrected chi connectivity index (χ3v) is 12.3. The minimum absolute atomic E-state index is 0.0287. The van der Waals surface area contributed by atoms with Crippen molar-refractivity contribution in [3.8, 4) is 0 Å². The maximum atomic E-state index is 14.9. The second kappa shape index (κ2) is 16.8. The van der Waals surface area contributed by atoms with Gasteiger partial charge in [0.15, 0.2) is 18.1 Å². The van der Waals surface area contributed by atoms with Crippen molar-refractivity contribution in [3.63, 3.8) is 0 Å². The van der Waals surface area contributed by atoms with Crippen molar-refractivity contribution in [2.45, 2.75) is 138 Å². The molecule has 6 N–H and O–H groups in total. The summed E-state index contributed by atoms with van der Waals surface area (Å²) in [6.45, 7) is 4.17. The van der Waals surface area contributed by atoms with E-state index < -0.39 is 115 Å². The van der Waals surface area contributed by atoms with Crippen molar-refractivity contribution < 1.29 is 73.2 Å². The fourth-order valence-electron chi connectivity index (χ4n) is 9.51. The van der Waals surface area contributed by atoms with Gasteiger partial charge in [-0.05, 0) is 49.4 Å². The van der Waals surface area contributed by atoms with Gasteiger partial charge in [-0.2, -0.15) is 5.06 Å². The maximum Gasteiger partial charge on any atom is 0.327 e. The summed E-state index contributed by atoms with van der Waals surface area (Å²) in [4.78, 5) is 48.5. The lowest BCUT2D eigenvalue weighted by atomic mass is 9.62. The Balaban J connectivity index is 1.04. The molecule has 2 aliphatic carbocycles. The minimum atomic E-state index is -1.58. The first-order valence-electron chi connectivity index (χ1n) is 20.5. The van der Waals surface area contributed by atoms with E-state index in [1.165, 1.54) is 5.06 Å². The van der Waals surface area contributed by atoms with Crippen LogP contribution in [0.4, 0.5) is 0 Å². The van der Waals surface area contributed by atoms with Crippen LogP contribution in [-0.2, 0) is 67.0 Å². The number of fused-ring (bicyclic) bond motifs is 5. The number of hydroxylamine groups is 2. The maximum absolute atomic E-state index is 14.9. The third-order valence-electron chi connectivity index (χ3n) is 12.3. The van der Waals surface area contributed by atoms with Crippen molar-refractivity contribution >= 4 is 23.9 Å². The molecule has 1 spiro atoms. The number of hydrogen-bond donors (Lipinski definition) is 6. The Kier molecular flexibility index (Phi) is 12.0. The van der Waals surface area contributed by atoms with Crippen LogP contribution < -0.4 is 5.32 Å². The lowest BCUT2D eigenvalue weighted by molar-refractivity contribution is -0.298. The van der Waals surface area contributed by atoms with Gasteiger partial charge in [0.05, 0.1) is 32.4 Å². The highest BCUT2D eigenvalue weighted by Crippen LogP contribution is 2.58. The molecule has 12 atom stereocenters. The topological polar surface area (TPSA) is 232 Å². The number of benzene rings is 2. The van der Waals surface area contributed by atoms with Crippen molar-refractivity contribution in [3.05, 3.63) is 76.9 Å². The van der Waals surface area contributed by atoms with E-state index >= 15 is 0 Å². The van der Waals surface area contributed by atoms with Gasteiger partial charge < -0.3 is 59.3 Å². The van der Waals surface area contributed by atoms with Gasteiger partial charge in [0, 0.05) is 25.7 Å². The van der Waals surface area contributed by atoms with Crippen LogP contribution in [0.3, 0.4) is 0 Å². The molecule has 17 heteroatoms. The second-order valence-electron chi connectivity index (χ2n) is 17.5. The summed E-state index contributed by atoms with van der Waals surface area (Å²) < 4.78 is 36.2. The molecule has 60 heavy (non-hydrogen) atoms. The largest absolute Gasteiger partial charge is 0.460 e. The number of carbonyl (C=O) groups excluding carboxylic acids is 3. The van der Waals surface area contributed by atoms with Crippen molar-refractivity contribution in [1.29, 1.82) is 0 Å². The minimum Gasteiger partial charge on any atom is -0.460 e. The number of aliphatic hydroxyl groups is 5. The average molecular weight is 839 g/mol. The number of ether oxygens (including phenoxy) is 6. The summed E-state index contributed by atoms with van der Waals surface area (Å²) in [5.74, 6) is -2.74. The van der Waals surface area contributed by atoms with Gasteiger partial charge in [0.25, 0.3) is 0 Å². The highest BCUT2D eigenvalue weighted by Gasteiger charge is 2.76. The van der Waals surface area contributed by atoms with Crippen LogP contribution in [0.5, 0.6) is 0 Å². The van der Waals surface area contributed by atoms with Gasteiger partial charge in [0.2, 0.25) is 5.91 Å². The molecule has 0 unspecified atom stereocenters.